The topological polar surface area (TPSA) is 38.0 Å². The molecule has 0 saturated carbocycles. The molecule has 0 unspecified atom stereocenters. The minimum atomic E-state index is 0.386. The van der Waals surface area contributed by atoms with E-state index in [1.807, 2.05) is 35.9 Å². The summed E-state index contributed by atoms with van der Waals surface area (Å²) in [6, 6.07) is 8.12. The number of nitriles is 1. The Morgan fingerprint density at radius 1 is 1.47 bits per heavy atom. The minimum absolute atomic E-state index is 0.386. The third-order valence-electron chi connectivity index (χ3n) is 2.50. The number of methoxy groups -OCH3 is 1. The molecule has 15 heavy (non-hydrogen) atoms. The lowest BCUT2D eigenvalue weighted by molar-refractivity contribution is 0.415. The summed E-state index contributed by atoms with van der Waals surface area (Å²) in [6.07, 6.45) is 1.93. The van der Waals surface area contributed by atoms with Crippen LogP contribution in [-0.2, 0) is 6.54 Å². The van der Waals surface area contributed by atoms with Gasteiger partial charge in [0.15, 0.2) is 0 Å². The number of rotatable bonds is 2. The van der Waals surface area contributed by atoms with E-state index in [-0.39, 0.29) is 0 Å². The Labute approximate surface area is 88.5 Å². The van der Waals surface area contributed by atoms with Crippen molar-refractivity contribution in [2.45, 2.75) is 13.5 Å². The minimum Gasteiger partial charge on any atom is -0.497 e. The lowest BCUT2D eigenvalue weighted by atomic mass is 10.1. The van der Waals surface area contributed by atoms with Gasteiger partial charge in [0.2, 0.25) is 0 Å². The standard InChI is InChI=1S/C12H12N2O/c1-9-7-11(15-2)8-10-3-5-14(6-4-13)12(9)10/h3,5,7-8H,6H2,1-2H3. The van der Waals surface area contributed by atoms with E-state index in [9.17, 15) is 0 Å². The molecule has 3 heteroatoms. The molecule has 76 valence electrons. The van der Waals surface area contributed by atoms with Crippen LogP contribution in [-0.4, -0.2) is 11.7 Å². The van der Waals surface area contributed by atoms with Crippen LogP contribution in [0.15, 0.2) is 24.4 Å². The summed E-state index contributed by atoms with van der Waals surface area (Å²) in [5.74, 6) is 0.856. The number of benzene rings is 1. The van der Waals surface area contributed by atoms with E-state index >= 15 is 0 Å². The first kappa shape index (κ1) is 9.60. The molecule has 0 saturated heterocycles. The average Bonchev–Trinajstić information content (AvgIpc) is 2.62. The van der Waals surface area contributed by atoms with Crippen LogP contribution in [0.25, 0.3) is 10.9 Å². The van der Waals surface area contributed by atoms with Crippen molar-refractivity contribution in [1.82, 2.24) is 4.57 Å². The molecular formula is C12H12N2O. The fourth-order valence-corrected chi connectivity index (χ4v) is 1.86. The van der Waals surface area contributed by atoms with Gasteiger partial charge in [0.1, 0.15) is 12.3 Å². The van der Waals surface area contributed by atoms with Crippen molar-refractivity contribution >= 4 is 10.9 Å². The number of aryl methyl sites for hydroxylation is 1. The SMILES string of the molecule is COc1cc(C)c2c(ccn2CC#N)c1. The first-order chi connectivity index (χ1) is 7.26. The van der Waals surface area contributed by atoms with Gasteiger partial charge in [-0.2, -0.15) is 5.26 Å². The second kappa shape index (κ2) is 3.66. The van der Waals surface area contributed by atoms with E-state index in [0.29, 0.717) is 6.54 Å². The number of aromatic nitrogens is 1. The average molecular weight is 200 g/mol. The van der Waals surface area contributed by atoms with Crippen LogP contribution in [0.3, 0.4) is 0 Å². The molecule has 1 heterocycles. The van der Waals surface area contributed by atoms with Crippen molar-refractivity contribution < 1.29 is 4.74 Å². The normalized spacial score (nSPS) is 10.2. The van der Waals surface area contributed by atoms with E-state index in [1.54, 1.807) is 7.11 Å². The van der Waals surface area contributed by atoms with E-state index in [0.717, 1.165) is 22.2 Å². The quantitative estimate of drug-likeness (QED) is 0.746. The number of ether oxygens (including phenoxy) is 1. The Kier molecular flexibility index (Phi) is 2.34. The molecule has 0 N–H and O–H groups in total. The van der Waals surface area contributed by atoms with Crippen molar-refractivity contribution in [1.29, 1.82) is 5.26 Å². The molecule has 3 nitrogen and oxygen atoms in total. The predicted octanol–water partition coefficient (Wildman–Crippen LogP) is 2.48. The maximum atomic E-state index is 8.69. The summed E-state index contributed by atoms with van der Waals surface area (Å²) >= 11 is 0. The van der Waals surface area contributed by atoms with Gasteiger partial charge in [0.05, 0.1) is 18.7 Å². The molecule has 0 fully saturated rings. The van der Waals surface area contributed by atoms with Crippen LogP contribution in [0.5, 0.6) is 5.75 Å². The lowest BCUT2D eigenvalue weighted by Gasteiger charge is -2.05. The summed E-state index contributed by atoms with van der Waals surface area (Å²) in [7, 11) is 1.66. The van der Waals surface area contributed by atoms with E-state index in [2.05, 4.69) is 6.07 Å². The largest absolute Gasteiger partial charge is 0.497 e. The third kappa shape index (κ3) is 1.55. The molecule has 0 bridgehead atoms. The summed E-state index contributed by atoms with van der Waals surface area (Å²) in [5.41, 5.74) is 2.24. The number of hydrogen-bond donors (Lipinski definition) is 0. The zero-order chi connectivity index (χ0) is 10.8. The van der Waals surface area contributed by atoms with E-state index in [1.165, 1.54) is 0 Å². The Hall–Kier alpha value is -1.95. The van der Waals surface area contributed by atoms with Gasteiger partial charge in [-0.25, -0.2) is 0 Å². The van der Waals surface area contributed by atoms with Gasteiger partial charge >= 0.3 is 0 Å². The van der Waals surface area contributed by atoms with Gasteiger partial charge in [-0.3, -0.25) is 0 Å². The molecule has 0 aliphatic carbocycles. The maximum absolute atomic E-state index is 8.69. The molecule has 0 aliphatic heterocycles. The Morgan fingerprint density at radius 2 is 2.27 bits per heavy atom. The highest BCUT2D eigenvalue weighted by Gasteiger charge is 2.05. The van der Waals surface area contributed by atoms with Crippen molar-refractivity contribution in [3.05, 3.63) is 30.0 Å². The van der Waals surface area contributed by atoms with Crippen molar-refractivity contribution in [3.8, 4) is 11.8 Å². The van der Waals surface area contributed by atoms with Crippen LogP contribution >= 0.6 is 0 Å². The lowest BCUT2D eigenvalue weighted by Crippen LogP contribution is -1.95. The van der Waals surface area contributed by atoms with Crippen LogP contribution in [0.1, 0.15) is 5.56 Å². The second-order valence-corrected chi connectivity index (χ2v) is 3.48. The van der Waals surface area contributed by atoms with Gasteiger partial charge in [-0.1, -0.05) is 0 Å². The summed E-state index contributed by atoms with van der Waals surface area (Å²) in [5, 5.41) is 9.81. The van der Waals surface area contributed by atoms with E-state index < -0.39 is 0 Å². The first-order valence-corrected chi connectivity index (χ1v) is 4.76. The fraction of sp³-hybridized carbons (Fsp3) is 0.250. The van der Waals surface area contributed by atoms with Gasteiger partial charge < -0.3 is 9.30 Å². The fourth-order valence-electron chi connectivity index (χ4n) is 1.86. The summed E-state index contributed by atoms with van der Waals surface area (Å²) in [6.45, 7) is 2.41. The predicted molar refractivity (Wildman–Crippen MR) is 58.8 cm³/mol. The maximum Gasteiger partial charge on any atom is 0.119 e. The molecule has 0 spiro atoms. The Bertz CT molecular complexity index is 534. The third-order valence-corrected chi connectivity index (χ3v) is 2.50. The molecule has 1 aromatic heterocycles. The highest BCUT2D eigenvalue weighted by Crippen LogP contribution is 2.25. The Morgan fingerprint density at radius 3 is 2.93 bits per heavy atom. The summed E-state index contributed by atoms with van der Waals surface area (Å²) < 4.78 is 7.15. The monoisotopic (exact) mass is 200 g/mol. The molecule has 2 rings (SSSR count). The number of hydrogen-bond acceptors (Lipinski definition) is 2. The van der Waals surface area contributed by atoms with Gasteiger partial charge in [0.25, 0.3) is 0 Å². The zero-order valence-electron chi connectivity index (χ0n) is 8.82. The Balaban J connectivity index is 2.67. The van der Waals surface area contributed by atoms with Crippen LogP contribution in [0.2, 0.25) is 0 Å². The molecule has 1 aromatic carbocycles. The zero-order valence-corrected chi connectivity index (χ0v) is 8.82. The van der Waals surface area contributed by atoms with Crippen LogP contribution < -0.4 is 4.74 Å². The van der Waals surface area contributed by atoms with Crippen molar-refractivity contribution in [2.75, 3.05) is 7.11 Å². The van der Waals surface area contributed by atoms with Gasteiger partial charge in [-0.15, -0.1) is 0 Å². The van der Waals surface area contributed by atoms with Gasteiger partial charge in [0, 0.05) is 11.6 Å². The van der Waals surface area contributed by atoms with Crippen LogP contribution in [0.4, 0.5) is 0 Å². The number of fused-ring (bicyclic) bond motifs is 1. The van der Waals surface area contributed by atoms with Crippen LogP contribution in [0, 0.1) is 18.3 Å². The highest BCUT2D eigenvalue weighted by molar-refractivity contribution is 5.85. The van der Waals surface area contributed by atoms with Crippen molar-refractivity contribution in [3.63, 3.8) is 0 Å². The van der Waals surface area contributed by atoms with E-state index in [4.69, 9.17) is 10.00 Å². The summed E-state index contributed by atoms with van der Waals surface area (Å²) in [4.78, 5) is 0. The van der Waals surface area contributed by atoms with Crippen molar-refractivity contribution in [2.24, 2.45) is 0 Å². The molecule has 0 amide bonds. The highest BCUT2D eigenvalue weighted by atomic mass is 16.5. The molecular weight excluding hydrogens is 188 g/mol. The second-order valence-electron chi connectivity index (χ2n) is 3.48. The molecule has 0 aliphatic rings. The first-order valence-electron chi connectivity index (χ1n) is 4.76. The molecule has 0 radical (unpaired) electrons. The molecule has 2 aromatic rings. The van der Waals surface area contributed by atoms with Gasteiger partial charge in [-0.05, 0) is 30.7 Å². The number of nitrogens with zero attached hydrogens (tertiary/aromatic N) is 2. The molecule has 0 atom stereocenters. The smallest absolute Gasteiger partial charge is 0.119 e.